The minimum absolute atomic E-state index is 0.0623. The molecule has 0 saturated carbocycles. The highest BCUT2D eigenvalue weighted by Crippen LogP contribution is 2.17. The first-order valence-corrected chi connectivity index (χ1v) is 7.04. The van der Waals surface area contributed by atoms with E-state index in [-0.39, 0.29) is 31.6 Å². The van der Waals surface area contributed by atoms with Gasteiger partial charge in [0.15, 0.2) is 0 Å². The van der Waals surface area contributed by atoms with Gasteiger partial charge in [-0.2, -0.15) is 4.31 Å². The first kappa shape index (κ1) is 13.9. The van der Waals surface area contributed by atoms with Crippen LogP contribution < -0.4 is 5.32 Å². The van der Waals surface area contributed by atoms with Gasteiger partial charge in [0.1, 0.15) is 0 Å². The van der Waals surface area contributed by atoms with E-state index in [0.717, 1.165) is 0 Å². The number of aliphatic hydroxyl groups is 2. The summed E-state index contributed by atoms with van der Waals surface area (Å²) in [4.78, 5) is 0. The van der Waals surface area contributed by atoms with Crippen molar-refractivity contribution in [2.75, 3.05) is 39.4 Å². The SMILES string of the molecule is O=S(=O)(C1CCNCC1)N(CCO)CCO. The lowest BCUT2D eigenvalue weighted by Gasteiger charge is -2.29. The minimum atomic E-state index is -3.38. The molecule has 1 aliphatic rings. The number of hydrogen-bond acceptors (Lipinski definition) is 5. The zero-order valence-electron chi connectivity index (χ0n) is 9.30. The number of nitrogens with zero attached hydrogens (tertiary/aromatic N) is 1. The Hall–Kier alpha value is -0.210. The van der Waals surface area contributed by atoms with E-state index in [2.05, 4.69) is 5.32 Å². The van der Waals surface area contributed by atoms with Crippen LogP contribution in [0, 0.1) is 0 Å². The molecular weight excluding hydrogens is 232 g/mol. The summed E-state index contributed by atoms with van der Waals surface area (Å²) in [5.41, 5.74) is 0. The topological polar surface area (TPSA) is 89.9 Å². The van der Waals surface area contributed by atoms with E-state index in [9.17, 15) is 8.42 Å². The molecule has 0 amide bonds. The smallest absolute Gasteiger partial charge is 0.217 e. The fraction of sp³-hybridized carbons (Fsp3) is 1.00. The molecule has 1 saturated heterocycles. The third-order valence-electron chi connectivity index (χ3n) is 2.77. The molecule has 0 aromatic carbocycles. The van der Waals surface area contributed by atoms with E-state index in [1.54, 1.807) is 0 Å². The number of hydrogen-bond donors (Lipinski definition) is 3. The Bertz CT molecular complexity index is 282. The quantitative estimate of drug-likeness (QED) is 0.527. The Morgan fingerprint density at radius 1 is 1.12 bits per heavy atom. The Labute approximate surface area is 96.3 Å². The van der Waals surface area contributed by atoms with Gasteiger partial charge in [0.05, 0.1) is 18.5 Å². The minimum Gasteiger partial charge on any atom is -0.395 e. The molecule has 1 fully saturated rings. The number of sulfonamides is 1. The highest BCUT2D eigenvalue weighted by Gasteiger charge is 2.32. The summed E-state index contributed by atoms with van der Waals surface area (Å²) in [6, 6.07) is 0. The van der Waals surface area contributed by atoms with Gasteiger partial charge in [0, 0.05) is 13.1 Å². The van der Waals surface area contributed by atoms with Crippen molar-refractivity contribution in [3.05, 3.63) is 0 Å². The van der Waals surface area contributed by atoms with E-state index in [1.165, 1.54) is 4.31 Å². The number of piperidine rings is 1. The summed E-state index contributed by atoms with van der Waals surface area (Å²) in [7, 11) is -3.38. The van der Waals surface area contributed by atoms with Crippen LogP contribution in [0.2, 0.25) is 0 Å². The van der Waals surface area contributed by atoms with Crippen molar-refractivity contribution in [1.82, 2.24) is 9.62 Å². The van der Waals surface area contributed by atoms with Crippen LogP contribution in [-0.2, 0) is 10.0 Å². The van der Waals surface area contributed by atoms with Crippen LogP contribution in [0.25, 0.3) is 0 Å². The molecule has 1 heterocycles. The van der Waals surface area contributed by atoms with Crippen LogP contribution in [0.1, 0.15) is 12.8 Å². The second-order valence-electron chi connectivity index (χ2n) is 3.84. The Morgan fingerprint density at radius 3 is 2.06 bits per heavy atom. The maximum atomic E-state index is 12.1. The Kier molecular flexibility index (Phi) is 5.63. The van der Waals surface area contributed by atoms with E-state index < -0.39 is 10.0 Å². The van der Waals surface area contributed by atoms with Crippen LogP contribution in [0.5, 0.6) is 0 Å². The van der Waals surface area contributed by atoms with Gasteiger partial charge >= 0.3 is 0 Å². The second-order valence-corrected chi connectivity index (χ2v) is 6.05. The van der Waals surface area contributed by atoms with E-state index in [4.69, 9.17) is 10.2 Å². The van der Waals surface area contributed by atoms with Gasteiger partial charge in [-0.05, 0) is 25.9 Å². The summed E-state index contributed by atoms with van der Waals surface area (Å²) in [6.45, 7) is 1.10. The Morgan fingerprint density at radius 2 is 1.62 bits per heavy atom. The molecule has 16 heavy (non-hydrogen) atoms. The maximum absolute atomic E-state index is 12.1. The molecule has 0 bridgehead atoms. The van der Waals surface area contributed by atoms with E-state index >= 15 is 0 Å². The molecule has 0 atom stereocenters. The molecule has 0 spiro atoms. The maximum Gasteiger partial charge on any atom is 0.217 e. The number of rotatable bonds is 6. The van der Waals surface area contributed by atoms with Gasteiger partial charge in [-0.3, -0.25) is 0 Å². The molecule has 0 aliphatic carbocycles. The van der Waals surface area contributed by atoms with Gasteiger partial charge in [-0.1, -0.05) is 0 Å². The highest BCUT2D eigenvalue weighted by molar-refractivity contribution is 7.89. The zero-order valence-corrected chi connectivity index (χ0v) is 10.1. The third kappa shape index (κ3) is 3.39. The Balaban J connectivity index is 2.70. The lowest BCUT2D eigenvalue weighted by Crippen LogP contribution is -2.45. The van der Waals surface area contributed by atoms with Crippen LogP contribution in [0.3, 0.4) is 0 Å². The monoisotopic (exact) mass is 252 g/mol. The van der Waals surface area contributed by atoms with Crippen molar-refractivity contribution in [1.29, 1.82) is 0 Å². The summed E-state index contributed by atoms with van der Waals surface area (Å²) in [5, 5.41) is 20.4. The first-order chi connectivity index (χ1) is 7.62. The van der Waals surface area contributed by atoms with Crippen molar-refractivity contribution in [2.45, 2.75) is 18.1 Å². The van der Waals surface area contributed by atoms with Crippen LogP contribution >= 0.6 is 0 Å². The fourth-order valence-electron chi connectivity index (χ4n) is 1.89. The molecule has 0 radical (unpaired) electrons. The molecule has 0 aromatic rings. The van der Waals surface area contributed by atoms with Crippen LogP contribution in [0.4, 0.5) is 0 Å². The zero-order chi connectivity index (χ0) is 12.0. The summed E-state index contributed by atoms with van der Waals surface area (Å²) < 4.78 is 25.5. The predicted octanol–water partition coefficient (Wildman–Crippen LogP) is -1.65. The lowest BCUT2D eigenvalue weighted by atomic mass is 10.2. The standard InChI is InChI=1S/C9H20N2O4S/c12-7-5-11(6-8-13)16(14,15)9-1-3-10-4-2-9/h9-10,12-13H,1-8H2. The van der Waals surface area contributed by atoms with Crippen molar-refractivity contribution in [2.24, 2.45) is 0 Å². The normalized spacial score (nSPS) is 19.2. The summed E-state index contributed by atoms with van der Waals surface area (Å²) >= 11 is 0. The third-order valence-corrected chi connectivity index (χ3v) is 5.16. The first-order valence-electron chi connectivity index (χ1n) is 5.54. The molecule has 1 rings (SSSR count). The van der Waals surface area contributed by atoms with Gasteiger partial charge < -0.3 is 15.5 Å². The van der Waals surface area contributed by atoms with Gasteiger partial charge in [-0.15, -0.1) is 0 Å². The average molecular weight is 252 g/mol. The van der Waals surface area contributed by atoms with Crippen LogP contribution in [0.15, 0.2) is 0 Å². The largest absolute Gasteiger partial charge is 0.395 e. The van der Waals surface area contributed by atoms with E-state index in [0.29, 0.717) is 25.9 Å². The number of nitrogens with one attached hydrogen (secondary N) is 1. The molecule has 96 valence electrons. The van der Waals surface area contributed by atoms with Gasteiger partial charge in [0.2, 0.25) is 10.0 Å². The molecule has 1 aliphatic heterocycles. The summed E-state index contributed by atoms with van der Waals surface area (Å²) in [6.07, 6.45) is 1.19. The lowest BCUT2D eigenvalue weighted by molar-refractivity contribution is 0.215. The van der Waals surface area contributed by atoms with Crippen molar-refractivity contribution in [3.8, 4) is 0 Å². The van der Waals surface area contributed by atoms with Gasteiger partial charge in [-0.25, -0.2) is 8.42 Å². The van der Waals surface area contributed by atoms with Gasteiger partial charge in [0.25, 0.3) is 0 Å². The molecule has 0 aromatic heterocycles. The fourth-order valence-corrected chi connectivity index (χ4v) is 3.82. The predicted molar refractivity (Wildman–Crippen MR) is 60.6 cm³/mol. The second kappa shape index (κ2) is 6.51. The molecule has 7 heteroatoms. The van der Waals surface area contributed by atoms with E-state index in [1.807, 2.05) is 0 Å². The molecule has 3 N–H and O–H groups in total. The van der Waals surface area contributed by atoms with Crippen molar-refractivity contribution >= 4 is 10.0 Å². The summed E-state index contributed by atoms with van der Waals surface area (Å²) in [5.74, 6) is 0. The van der Waals surface area contributed by atoms with Crippen molar-refractivity contribution in [3.63, 3.8) is 0 Å². The molecule has 0 unspecified atom stereocenters. The van der Waals surface area contributed by atoms with Crippen molar-refractivity contribution < 1.29 is 18.6 Å². The van der Waals surface area contributed by atoms with Crippen LogP contribution in [-0.4, -0.2) is 67.6 Å². The highest BCUT2D eigenvalue weighted by atomic mass is 32.2. The number of aliphatic hydroxyl groups excluding tert-OH is 2. The molecule has 6 nitrogen and oxygen atoms in total. The molecular formula is C9H20N2O4S. The average Bonchev–Trinajstić information content (AvgIpc) is 2.30.